The summed E-state index contributed by atoms with van der Waals surface area (Å²) in [6.45, 7) is 6.17. The molecule has 0 aliphatic carbocycles. The SMILES string of the molecule is Cc1cc(=O)n2c(n1)NC(Nc1ccc(C(C)C)cc1)=[NH+]C2c1ccccc1. The first kappa shape index (κ1) is 18.0. The zero-order valence-corrected chi connectivity index (χ0v) is 16.2. The highest BCUT2D eigenvalue weighted by atomic mass is 16.1. The van der Waals surface area contributed by atoms with Crippen LogP contribution >= 0.6 is 0 Å². The van der Waals surface area contributed by atoms with E-state index in [0.29, 0.717) is 23.5 Å². The minimum Gasteiger partial charge on any atom is -0.269 e. The summed E-state index contributed by atoms with van der Waals surface area (Å²) in [5.74, 6) is 1.68. The van der Waals surface area contributed by atoms with Gasteiger partial charge in [0.05, 0.1) is 5.69 Å². The molecule has 1 aromatic heterocycles. The van der Waals surface area contributed by atoms with Crippen molar-refractivity contribution >= 4 is 17.6 Å². The zero-order chi connectivity index (χ0) is 19.7. The molecule has 28 heavy (non-hydrogen) atoms. The lowest BCUT2D eigenvalue weighted by Gasteiger charge is -2.23. The molecule has 2 heterocycles. The number of benzene rings is 2. The Morgan fingerprint density at radius 1 is 1.11 bits per heavy atom. The Hall–Kier alpha value is -3.41. The van der Waals surface area contributed by atoms with E-state index in [4.69, 9.17) is 0 Å². The van der Waals surface area contributed by atoms with Crippen LogP contribution in [0.3, 0.4) is 0 Å². The van der Waals surface area contributed by atoms with Crippen molar-refractivity contribution in [3.05, 3.63) is 87.8 Å². The van der Waals surface area contributed by atoms with Gasteiger partial charge in [0, 0.05) is 17.3 Å². The average molecular weight is 374 g/mol. The molecule has 0 saturated carbocycles. The molecule has 2 aromatic carbocycles. The van der Waals surface area contributed by atoms with E-state index >= 15 is 0 Å². The quantitative estimate of drug-likeness (QED) is 0.657. The number of nitrogens with zero attached hydrogens (tertiary/aromatic N) is 2. The molecule has 1 atom stereocenters. The first-order chi connectivity index (χ1) is 13.5. The molecule has 0 bridgehead atoms. The van der Waals surface area contributed by atoms with Crippen molar-refractivity contribution in [1.29, 1.82) is 0 Å². The molecule has 3 N–H and O–H groups in total. The molecule has 1 unspecified atom stereocenters. The Kier molecular flexibility index (Phi) is 4.69. The van der Waals surface area contributed by atoms with E-state index in [2.05, 4.69) is 58.7 Å². The fourth-order valence-electron chi connectivity index (χ4n) is 3.32. The normalized spacial score (nSPS) is 15.6. The van der Waals surface area contributed by atoms with Gasteiger partial charge in [-0.05, 0) is 30.5 Å². The number of nitrogens with one attached hydrogen (secondary N) is 3. The molecule has 0 saturated heterocycles. The Morgan fingerprint density at radius 3 is 2.50 bits per heavy atom. The molecule has 1 aliphatic rings. The Balaban J connectivity index is 1.72. The number of hydrogen-bond acceptors (Lipinski definition) is 4. The van der Waals surface area contributed by atoms with E-state index in [1.165, 1.54) is 5.56 Å². The van der Waals surface area contributed by atoms with Gasteiger partial charge in [-0.15, -0.1) is 0 Å². The van der Waals surface area contributed by atoms with Crippen molar-refractivity contribution in [2.75, 3.05) is 10.6 Å². The van der Waals surface area contributed by atoms with Crippen molar-refractivity contribution < 1.29 is 4.99 Å². The summed E-state index contributed by atoms with van der Waals surface area (Å²) in [7, 11) is 0. The molecule has 4 rings (SSSR count). The van der Waals surface area contributed by atoms with E-state index in [-0.39, 0.29) is 11.7 Å². The molecule has 3 aromatic rings. The van der Waals surface area contributed by atoms with Crippen molar-refractivity contribution in [3.8, 4) is 0 Å². The third-order valence-corrected chi connectivity index (χ3v) is 4.82. The summed E-state index contributed by atoms with van der Waals surface area (Å²) >= 11 is 0. The molecule has 0 radical (unpaired) electrons. The second kappa shape index (κ2) is 7.31. The third-order valence-electron chi connectivity index (χ3n) is 4.82. The third kappa shape index (κ3) is 3.53. The van der Waals surface area contributed by atoms with Crippen LogP contribution in [-0.4, -0.2) is 15.5 Å². The van der Waals surface area contributed by atoms with Crippen LogP contribution in [0.5, 0.6) is 0 Å². The van der Waals surface area contributed by atoms with Gasteiger partial charge in [-0.2, -0.15) is 0 Å². The van der Waals surface area contributed by atoms with Crippen molar-refractivity contribution in [1.82, 2.24) is 9.55 Å². The summed E-state index contributed by atoms with van der Waals surface area (Å²) in [5.41, 5.74) is 3.80. The average Bonchev–Trinajstić information content (AvgIpc) is 2.68. The summed E-state index contributed by atoms with van der Waals surface area (Å²) in [6.07, 6.45) is -0.351. The smallest absolute Gasteiger partial charge is 0.269 e. The Morgan fingerprint density at radius 2 is 1.82 bits per heavy atom. The minimum atomic E-state index is -0.351. The van der Waals surface area contributed by atoms with Crippen LogP contribution in [0, 0.1) is 6.92 Å². The maximum absolute atomic E-state index is 12.6. The van der Waals surface area contributed by atoms with Gasteiger partial charge in [0.1, 0.15) is 0 Å². The van der Waals surface area contributed by atoms with E-state index in [0.717, 1.165) is 11.3 Å². The summed E-state index contributed by atoms with van der Waals surface area (Å²) in [4.78, 5) is 20.6. The number of rotatable bonds is 3. The van der Waals surface area contributed by atoms with Gasteiger partial charge in [-0.25, -0.2) is 20.2 Å². The van der Waals surface area contributed by atoms with Crippen LogP contribution in [0.4, 0.5) is 11.6 Å². The molecule has 142 valence electrons. The van der Waals surface area contributed by atoms with Crippen LogP contribution in [-0.2, 0) is 0 Å². The molecular weight excluding hydrogens is 350 g/mol. The van der Waals surface area contributed by atoms with Gasteiger partial charge >= 0.3 is 5.96 Å². The van der Waals surface area contributed by atoms with E-state index in [1.807, 2.05) is 37.3 Å². The second-order valence-corrected chi connectivity index (χ2v) is 7.29. The van der Waals surface area contributed by atoms with Crippen LogP contribution in [0.15, 0.2) is 65.5 Å². The van der Waals surface area contributed by atoms with Crippen LogP contribution in [0.25, 0.3) is 0 Å². The fourth-order valence-corrected chi connectivity index (χ4v) is 3.32. The van der Waals surface area contributed by atoms with E-state index in [9.17, 15) is 4.79 Å². The van der Waals surface area contributed by atoms with Crippen molar-refractivity contribution in [3.63, 3.8) is 0 Å². The number of aryl methyl sites for hydroxylation is 1. The first-order valence-corrected chi connectivity index (χ1v) is 9.44. The molecule has 1 aliphatic heterocycles. The van der Waals surface area contributed by atoms with Gasteiger partial charge in [0.25, 0.3) is 11.5 Å². The largest absolute Gasteiger partial charge is 0.357 e. The van der Waals surface area contributed by atoms with E-state index < -0.39 is 0 Å². The highest BCUT2D eigenvalue weighted by Crippen LogP contribution is 2.19. The lowest BCUT2D eigenvalue weighted by atomic mass is 10.0. The number of hydrogen-bond donors (Lipinski definition) is 3. The number of anilines is 2. The Labute approximate surface area is 164 Å². The predicted molar refractivity (Wildman–Crippen MR) is 112 cm³/mol. The number of aromatic nitrogens is 2. The predicted octanol–water partition coefficient (Wildman–Crippen LogP) is 2.20. The minimum absolute atomic E-state index is 0.100. The summed E-state index contributed by atoms with van der Waals surface area (Å²) in [5, 5.41) is 6.58. The standard InChI is InChI=1S/C22H23N5O/c1-14(2)16-9-11-18(12-10-16)24-21-25-20(17-7-5-4-6-8-17)27-19(28)13-15(3)23-22(27)26-21/h4-14,20H,1-3H3,(H2,23,24,25,26)/p+1. The lowest BCUT2D eigenvalue weighted by Crippen LogP contribution is -2.82. The molecule has 6 heteroatoms. The van der Waals surface area contributed by atoms with Gasteiger partial charge in [0.2, 0.25) is 0 Å². The monoisotopic (exact) mass is 374 g/mol. The maximum Gasteiger partial charge on any atom is 0.357 e. The molecule has 0 fully saturated rings. The van der Waals surface area contributed by atoms with E-state index in [1.54, 1.807) is 10.6 Å². The maximum atomic E-state index is 12.6. The van der Waals surface area contributed by atoms with Crippen molar-refractivity contribution in [2.24, 2.45) is 0 Å². The lowest BCUT2D eigenvalue weighted by molar-refractivity contribution is -0.520. The van der Waals surface area contributed by atoms with Crippen LogP contribution in [0.1, 0.15) is 42.8 Å². The second-order valence-electron chi connectivity index (χ2n) is 7.29. The highest BCUT2D eigenvalue weighted by molar-refractivity contribution is 5.99. The fraction of sp³-hybridized carbons (Fsp3) is 0.227. The Bertz CT molecular complexity index is 1070. The summed E-state index contributed by atoms with van der Waals surface area (Å²) in [6, 6.07) is 19.8. The van der Waals surface area contributed by atoms with Gasteiger partial charge < -0.3 is 0 Å². The number of fused-ring (bicyclic) bond motifs is 1. The molecule has 0 spiro atoms. The van der Waals surface area contributed by atoms with Gasteiger partial charge in [0.15, 0.2) is 6.17 Å². The van der Waals surface area contributed by atoms with Gasteiger partial charge in [-0.3, -0.25) is 9.79 Å². The van der Waals surface area contributed by atoms with Crippen LogP contribution < -0.4 is 21.2 Å². The highest BCUT2D eigenvalue weighted by Gasteiger charge is 2.28. The molecule has 6 nitrogen and oxygen atoms in total. The topological polar surface area (TPSA) is 72.9 Å². The van der Waals surface area contributed by atoms with Gasteiger partial charge in [-0.1, -0.05) is 56.3 Å². The van der Waals surface area contributed by atoms with Crippen LogP contribution in [0.2, 0.25) is 0 Å². The number of guanidine groups is 1. The zero-order valence-electron chi connectivity index (χ0n) is 16.2. The summed E-state index contributed by atoms with van der Waals surface area (Å²) < 4.78 is 1.63. The molecule has 0 amide bonds. The van der Waals surface area contributed by atoms with Crippen molar-refractivity contribution in [2.45, 2.75) is 32.9 Å². The first-order valence-electron chi connectivity index (χ1n) is 9.44. The molecular formula is C22H24N5O+.